The first-order valence-electron chi connectivity index (χ1n) is 5.32. The van der Waals surface area contributed by atoms with E-state index in [9.17, 15) is 14.7 Å². The fraction of sp³-hybridized carbons (Fsp3) is 0.818. The SMILES string of the molecule is CC1CC2(C(=O)O)CCCC(C2)C1=O. The number of carboxylic acid groups (broad SMARTS) is 1. The number of rotatable bonds is 1. The van der Waals surface area contributed by atoms with Crippen LogP contribution < -0.4 is 0 Å². The minimum Gasteiger partial charge on any atom is -0.481 e. The summed E-state index contributed by atoms with van der Waals surface area (Å²) in [4.78, 5) is 22.9. The molecule has 3 atom stereocenters. The number of carbonyl (C=O) groups excluding carboxylic acids is 1. The molecule has 3 heteroatoms. The Morgan fingerprint density at radius 3 is 2.86 bits per heavy atom. The lowest BCUT2D eigenvalue weighted by Crippen LogP contribution is -2.46. The van der Waals surface area contributed by atoms with Crippen molar-refractivity contribution in [1.29, 1.82) is 0 Å². The van der Waals surface area contributed by atoms with Gasteiger partial charge in [0.2, 0.25) is 0 Å². The lowest BCUT2D eigenvalue weighted by Gasteiger charge is -2.43. The smallest absolute Gasteiger partial charge is 0.309 e. The lowest BCUT2D eigenvalue weighted by atomic mass is 9.59. The zero-order chi connectivity index (χ0) is 10.3. The van der Waals surface area contributed by atoms with Crippen molar-refractivity contribution in [3.8, 4) is 0 Å². The van der Waals surface area contributed by atoms with Crippen molar-refractivity contribution >= 4 is 11.8 Å². The molecule has 0 radical (unpaired) electrons. The van der Waals surface area contributed by atoms with E-state index in [1.165, 1.54) is 0 Å². The molecule has 14 heavy (non-hydrogen) atoms. The van der Waals surface area contributed by atoms with Crippen LogP contribution in [0.3, 0.4) is 0 Å². The topological polar surface area (TPSA) is 54.4 Å². The lowest BCUT2D eigenvalue weighted by molar-refractivity contribution is -0.159. The van der Waals surface area contributed by atoms with Crippen LogP contribution in [0, 0.1) is 17.3 Å². The van der Waals surface area contributed by atoms with Gasteiger partial charge in [0.15, 0.2) is 0 Å². The Morgan fingerprint density at radius 1 is 1.50 bits per heavy atom. The van der Waals surface area contributed by atoms with Crippen molar-refractivity contribution in [3.05, 3.63) is 0 Å². The molecule has 0 amide bonds. The largest absolute Gasteiger partial charge is 0.481 e. The number of fused-ring (bicyclic) bond motifs is 2. The molecule has 2 saturated carbocycles. The van der Waals surface area contributed by atoms with Crippen LogP contribution in [-0.4, -0.2) is 16.9 Å². The van der Waals surface area contributed by atoms with Crippen LogP contribution >= 0.6 is 0 Å². The number of carboxylic acids is 1. The minimum atomic E-state index is -0.693. The maximum atomic E-state index is 11.7. The van der Waals surface area contributed by atoms with Crippen LogP contribution in [0.1, 0.15) is 39.0 Å². The molecule has 3 unspecified atom stereocenters. The van der Waals surface area contributed by atoms with Crippen LogP contribution in [-0.2, 0) is 9.59 Å². The molecule has 2 aliphatic rings. The molecular weight excluding hydrogens is 180 g/mol. The van der Waals surface area contributed by atoms with Crippen LogP contribution in [0.15, 0.2) is 0 Å². The monoisotopic (exact) mass is 196 g/mol. The summed E-state index contributed by atoms with van der Waals surface area (Å²) in [6.45, 7) is 1.87. The zero-order valence-electron chi connectivity index (χ0n) is 8.45. The van der Waals surface area contributed by atoms with Gasteiger partial charge >= 0.3 is 5.97 Å². The summed E-state index contributed by atoms with van der Waals surface area (Å²) >= 11 is 0. The van der Waals surface area contributed by atoms with Gasteiger partial charge in [0.05, 0.1) is 5.41 Å². The normalized spacial score (nSPS) is 42.2. The van der Waals surface area contributed by atoms with Gasteiger partial charge in [-0.2, -0.15) is 0 Å². The highest BCUT2D eigenvalue weighted by molar-refractivity contribution is 5.87. The molecule has 0 aliphatic heterocycles. The minimum absolute atomic E-state index is 0.0311. The third-order valence-electron chi connectivity index (χ3n) is 3.88. The van der Waals surface area contributed by atoms with E-state index < -0.39 is 11.4 Å². The molecule has 0 aromatic rings. The van der Waals surface area contributed by atoms with E-state index in [1.807, 2.05) is 6.92 Å². The van der Waals surface area contributed by atoms with Gasteiger partial charge in [0.1, 0.15) is 5.78 Å². The van der Waals surface area contributed by atoms with Gasteiger partial charge in [-0.15, -0.1) is 0 Å². The third kappa shape index (κ3) is 1.26. The maximum Gasteiger partial charge on any atom is 0.309 e. The molecule has 3 nitrogen and oxygen atoms in total. The number of ketones is 1. The molecule has 2 aliphatic carbocycles. The zero-order valence-corrected chi connectivity index (χ0v) is 8.45. The first kappa shape index (κ1) is 9.69. The number of aliphatic carboxylic acids is 1. The average molecular weight is 196 g/mol. The Balaban J connectivity index is 2.28. The van der Waals surface area contributed by atoms with Gasteiger partial charge in [0.25, 0.3) is 0 Å². The standard InChI is InChI=1S/C11H16O3/c1-7-5-11(10(13)14)4-2-3-8(6-11)9(7)12/h7-8H,2-6H2,1H3,(H,13,14). The fourth-order valence-electron chi connectivity index (χ4n) is 3.16. The summed E-state index contributed by atoms with van der Waals surface area (Å²) in [6, 6.07) is 0. The molecule has 2 bridgehead atoms. The highest BCUT2D eigenvalue weighted by Crippen LogP contribution is 2.49. The van der Waals surface area contributed by atoms with Crippen molar-refractivity contribution < 1.29 is 14.7 Å². The van der Waals surface area contributed by atoms with E-state index in [0.717, 1.165) is 19.3 Å². The summed E-state index contributed by atoms with van der Waals surface area (Å²) in [5.41, 5.74) is -0.573. The molecule has 2 rings (SSSR count). The van der Waals surface area contributed by atoms with E-state index in [-0.39, 0.29) is 11.8 Å². The van der Waals surface area contributed by atoms with Crippen LogP contribution in [0.5, 0.6) is 0 Å². The van der Waals surface area contributed by atoms with Crippen molar-refractivity contribution in [1.82, 2.24) is 0 Å². The highest BCUT2D eigenvalue weighted by atomic mass is 16.4. The summed E-state index contributed by atoms with van der Waals surface area (Å²) in [5, 5.41) is 9.23. The van der Waals surface area contributed by atoms with Gasteiger partial charge in [-0.05, 0) is 25.7 Å². The summed E-state index contributed by atoms with van der Waals surface area (Å²) < 4.78 is 0. The molecule has 2 fully saturated rings. The van der Waals surface area contributed by atoms with Crippen LogP contribution in [0.2, 0.25) is 0 Å². The molecule has 78 valence electrons. The first-order chi connectivity index (χ1) is 6.55. The number of hydrogen-bond donors (Lipinski definition) is 1. The Kier molecular flexibility index (Phi) is 2.13. The number of hydrogen-bond acceptors (Lipinski definition) is 2. The summed E-state index contributed by atoms with van der Waals surface area (Å²) in [5.74, 6) is -0.420. The van der Waals surface area contributed by atoms with Crippen LogP contribution in [0.25, 0.3) is 0 Å². The fourth-order valence-corrected chi connectivity index (χ4v) is 3.16. The number of Topliss-reactive ketones (excluding diaryl/α,β-unsaturated/α-hetero) is 1. The second-order valence-corrected chi connectivity index (χ2v) is 4.89. The predicted octanol–water partition coefficient (Wildman–Crippen LogP) is 1.86. The Morgan fingerprint density at radius 2 is 2.21 bits per heavy atom. The van der Waals surface area contributed by atoms with Crippen molar-refractivity contribution in [2.24, 2.45) is 17.3 Å². The summed E-state index contributed by atoms with van der Waals surface area (Å²) in [7, 11) is 0. The second-order valence-electron chi connectivity index (χ2n) is 4.89. The third-order valence-corrected chi connectivity index (χ3v) is 3.88. The van der Waals surface area contributed by atoms with Gasteiger partial charge in [-0.25, -0.2) is 0 Å². The van der Waals surface area contributed by atoms with Gasteiger partial charge in [0, 0.05) is 11.8 Å². The van der Waals surface area contributed by atoms with E-state index in [4.69, 9.17) is 0 Å². The van der Waals surface area contributed by atoms with Crippen LogP contribution in [0.4, 0.5) is 0 Å². The van der Waals surface area contributed by atoms with Gasteiger partial charge in [-0.1, -0.05) is 13.3 Å². The Labute approximate surface area is 83.5 Å². The molecule has 0 heterocycles. The van der Waals surface area contributed by atoms with E-state index >= 15 is 0 Å². The van der Waals surface area contributed by atoms with E-state index in [2.05, 4.69) is 0 Å². The second kappa shape index (κ2) is 3.07. The Hall–Kier alpha value is -0.860. The van der Waals surface area contributed by atoms with Crippen molar-refractivity contribution in [2.75, 3.05) is 0 Å². The average Bonchev–Trinajstić information content (AvgIpc) is 2.15. The van der Waals surface area contributed by atoms with Crippen molar-refractivity contribution in [2.45, 2.75) is 39.0 Å². The Bertz CT molecular complexity index is 280. The summed E-state index contributed by atoms with van der Waals surface area (Å²) in [6.07, 6.45) is 3.70. The van der Waals surface area contributed by atoms with Crippen molar-refractivity contribution in [3.63, 3.8) is 0 Å². The van der Waals surface area contributed by atoms with E-state index in [1.54, 1.807) is 0 Å². The molecule has 0 aromatic heterocycles. The molecule has 1 N–H and O–H groups in total. The van der Waals surface area contributed by atoms with Gasteiger partial charge in [-0.3, -0.25) is 9.59 Å². The molecule has 0 aromatic carbocycles. The van der Waals surface area contributed by atoms with Gasteiger partial charge < -0.3 is 5.11 Å². The highest BCUT2D eigenvalue weighted by Gasteiger charge is 2.50. The maximum absolute atomic E-state index is 11.7. The molecular formula is C11H16O3. The quantitative estimate of drug-likeness (QED) is 0.696. The van der Waals surface area contributed by atoms with E-state index in [0.29, 0.717) is 18.6 Å². The predicted molar refractivity (Wildman–Crippen MR) is 50.8 cm³/mol. The molecule has 0 saturated heterocycles. The first-order valence-corrected chi connectivity index (χ1v) is 5.32. The molecule has 0 spiro atoms. The number of carbonyl (C=O) groups is 2.